The summed E-state index contributed by atoms with van der Waals surface area (Å²) in [5, 5.41) is 0. The van der Waals surface area contributed by atoms with Crippen LogP contribution in [0.3, 0.4) is 0 Å². The second-order valence-corrected chi connectivity index (χ2v) is 4.63. The van der Waals surface area contributed by atoms with Gasteiger partial charge in [0.15, 0.2) is 0 Å². The molecule has 0 bridgehead atoms. The van der Waals surface area contributed by atoms with Crippen molar-refractivity contribution in [3.8, 4) is 0 Å². The summed E-state index contributed by atoms with van der Waals surface area (Å²) in [6.07, 6.45) is 2.84. The van der Waals surface area contributed by atoms with Crippen molar-refractivity contribution in [2.75, 3.05) is 27.2 Å². The fourth-order valence-corrected chi connectivity index (χ4v) is 2.81. The second kappa shape index (κ2) is 3.00. The Morgan fingerprint density at radius 1 is 1.25 bits per heavy atom. The molecule has 2 heteroatoms. The lowest BCUT2D eigenvalue weighted by molar-refractivity contribution is 0.130. The van der Waals surface area contributed by atoms with E-state index in [0.29, 0.717) is 0 Å². The van der Waals surface area contributed by atoms with Crippen LogP contribution >= 0.6 is 0 Å². The highest BCUT2D eigenvalue weighted by molar-refractivity contribution is 4.94. The first-order chi connectivity index (χ1) is 5.68. The van der Waals surface area contributed by atoms with Gasteiger partial charge in [0.05, 0.1) is 0 Å². The van der Waals surface area contributed by atoms with Gasteiger partial charge in [-0.15, -0.1) is 0 Å². The Kier molecular flexibility index (Phi) is 2.13. The normalized spacial score (nSPS) is 44.8. The van der Waals surface area contributed by atoms with Crippen molar-refractivity contribution < 1.29 is 0 Å². The summed E-state index contributed by atoms with van der Waals surface area (Å²) in [4.78, 5) is 5.04. The quantitative estimate of drug-likeness (QED) is 0.533. The summed E-state index contributed by atoms with van der Waals surface area (Å²) >= 11 is 0. The highest BCUT2D eigenvalue weighted by Gasteiger charge is 2.38. The molecule has 0 aromatic rings. The number of likely N-dealkylation sites (N-methyl/N-ethyl adjacent to an activating group) is 2. The summed E-state index contributed by atoms with van der Waals surface area (Å²) in [7, 11) is 4.53. The van der Waals surface area contributed by atoms with E-state index >= 15 is 0 Å². The van der Waals surface area contributed by atoms with Gasteiger partial charge in [-0.25, -0.2) is 0 Å². The van der Waals surface area contributed by atoms with Crippen LogP contribution in [0.2, 0.25) is 0 Å². The van der Waals surface area contributed by atoms with Crippen LogP contribution in [-0.4, -0.2) is 49.1 Å². The molecule has 0 aromatic carbocycles. The minimum absolute atomic E-state index is 0.812. The fourth-order valence-electron chi connectivity index (χ4n) is 2.81. The van der Waals surface area contributed by atoms with Crippen molar-refractivity contribution in [3.05, 3.63) is 0 Å². The molecule has 2 aliphatic heterocycles. The van der Waals surface area contributed by atoms with E-state index in [0.717, 1.165) is 18.0 Å². The SMILES string of the molecule is C[C@@H]1C[C@@H]2CCN(C)C[C@@H]2N1C. The summed E-state index contributed by atoms with van der Waals surface area (Å²) in [5.41, 5.74) is 0. The molecule has 3 atom stereocenters. The van der Waals surface area contributed by atoms with Crippen molar-refractivity contribution in [3.63, 3.8) is 0 Å². The molecule has 0 N–H and O–H groups in total. The lowest BCUT2D eigenvalue weighted by Gasteiger charge is -2.35. The van der Waals surface area contributed by atoms with Gasteiger partial charge in [-0.1, -0.05) is 0 Å². The topological polar surface area (TPSA) is 6.48 Å². The van der Waals surface area contributed by atoms with E-state index < -0.39 is 0 Å². The predicted molar refractivity (Wildman–Crippen MR) is 51.2 cm³/mol. The van der Waals surface area contributed by atoms with Gasteiger partial charge < -0.3 is 4.90 Å². The third-order valence-corrected chi connectivity index (χ3v) is 3.79. The molecule has 0 aliphatic carbocycles. The highest BCUT2D eigenvalue weighted by atomic mass is 15.2. The smallest absolute Gasteiger partial charge is 0.0252 e. The minimum atomic E-state index is 0.812. The van der Waals surface area contributed by atoms with E-state index in [-0.39, 0.29) is 0 Å². The molecule has 0 spiro atoms. The molecule has 0 amide bonds. The standard InChI is InChI=1S/C10H20N2/c1-8-6-9-4-5-11(2)7-10(9)12(8)3/h8-10H,4-7H2,1-3H3/t8-,9+,10+/m1/s1. The maximum absolute atomic E-state index is 2.57. The molecule has 2 nitrogen and oxygen atoms in total. The molecular formula is C10H20N2. The summed E-state index contributed by atoms with van der Waals surface area (Å²) in [6, 6.07) is 1.66. The lowest BCUT2D eigenvalue weighted by Crippen LogP contribution is -2.46. The third kappa shape index (κ3) is 1.27. The molecule has 2 fully saturated rings. The van der Waals surface area contributed by atoms with Crippen molar-refractivity contribution in [2.24, 2.45) is 5.92 Å². The van der Waals surface area contributed by atoms with Crippen LogP contribution in [0.4, 0.5) is 0 Å². The average Bonchev–Trinajstić information content (AvgIpc) is 2.31. The first kappa shape index (κ1) is 8.52. The van der Waals surface area contributed by atoms with Crippen LogP contribution in [0, 0.1) is 5.92 Å². The molecule has 2 heterocycles. The number of rotatable bonds is 0. The number of hydrogen-bond acceptors (Lipinski definition) is 2. The van der Waals surface area contributed by atoms with Crippen LogP contribution < -0.4 is 0 Å². The van der Waals surface area contributed by atoms with E-state index in [1.54, 1.807) is 0 Å². The molecular weight excluding hydrogens is 148 g/mol. The van der Waals surface area contributed by atoms with E-state index in [9.17, 15) is 0 Å². The number of hydrogen-bond donors (Lipinski definition) is 0. The number of nitrogens with zero attached hydrogens (tertiary/aromatic N) is 2. The Hall–Kier alpha value is -0.0800. The maximum Gasteiger partial charge on any atom is 0.0252 e. The van der Waals surface area contributed by atoms with Crippen molar-refractivity contribution >= 4 is 0 Å². The van der Waals surface area contributed by atoms with Gasteiger partial charge >= 0.3 is 0 Å². The molecule has 2 rings (SSSR count). The van der Waals surface area contributed by atoms with Crippen LogP contribution in [-0.2, 0) is 0 Å². The van der Waals surface area contributed by atoms with Gasteiger partial charge in [-0.05, 0) is 46.3 Å². The first-order valence-electron chi connectivity index (χ1n) is 5.09. The van der Waals surface area contributed by atoms with E-state index in [2.05, 4.69) is 30.8 Å². The van der Waals surface area contributed by atoms with Gasteiger partial charge in [0.2, 0.25) is 0 Å². The molecule has 0 saturated carbocycles. The zero-order valence-corrected chi connectivity index (χ0v) is 8.45. The number of fused-ring (bicyclic) bond motifs is 1. The Balaban J connectivity index is 2.05. The van der Waals surface area contributed by atoms with Crippen molar-refractivity contribution in [1.82, 2.24) is 9.80 Å². The Bertz CT molecular complexity index is 169. The average molecular weight is 168 g/mol. The van der Waals surface area contributed by atoms with Crippen molar-refractivity contribution in [1.29, 1.82) is 0 Å². The Morgan fingerprint density at radius 3 is 2.75 bits per heavy atom. The summed E-state index contributed by atoms with van der Waals surface area (Å²) in [5.74, 6) is 0.987. The molecule has 70 valence electrons. The van der Waals surface area contributed by atoms with E-state index in [1.807, 2.05) is 0 Å². The molecule has 0 aromatic heterocycles. The van der Waals surface area contributed by atoms with Crippen LogP contribution in [0.1, 0.15) is 19.8 Å². The zero-order valence-electron chi connectivity index (χ0n) is 8.45. The van der Waals surface area contributed by atoms with E-state index in [4.69, 9.17) is 0 Å². The molecule has 12 heavy (non-hydrogen) atoms. The molecule has 2 saturated heterocycles. The largest absolute Gasteiger partial charge is 0.305 e. The van der Waals surface area contributed by atoms with Gasteiger partial charge in [-0.2, -0.15) is 0 Å². The molecule has 0 unspecified atom stereocenters. The summed E-state index contributed by atoms with van der Waals surface area (Å²) < 4.78 is 0. The number of likely N-dealkylation sites (tertiary alicyclic amines) is 2. The zero-order chi connectivity index (χ0) is 8.72. The molecule has 2 aliphatic rings. The monoisotopic (exact) mass is 168 g/mol. The predicted octanol–water partition coefficient (Wildman–Crippen LogP) is 1.03. The highest BCUT2D eigenvalue weighted by Crippen LogP contribution is 2.33. The Morgan fingerprint density at radius 2 is 2.00 bits per heavy atom. The lowest BCUT2D eigenvalue weighted by atomic mass is 9.92. The maximum atomic E-state index is 2.57. The van der Waals surface area contributed by atoms with Crippen molar-refractivity contribution in [2.45, 2.75) is 31.8 Å². The third-order valence-electron chi connectivity index (χ3n) is 3.79. The second-order valence-electron chi connectivity index (χ2n) is 4.63. The van der Waals surface area contributed by atoms with Crippen LogP contribution in [0.15, 0.2) is 0 Å². The van der Waals surface area contributed by atoms with Gasteiger partial charge in [-0.3, -0.25) is 4.90 Å². The molecule has 0 radical (unpaired) electrons. The van der Waals surface area contributed by atoms with E-state index in [1.165, 1.54) is 25.9 Å². The first-order valence-corrected chi connectivity index (χ1v) is 5.09. The van der Waals surface area contributed by atoms with Gasteiger partial charge in [0.1, 0.15) is 0 Å². The van der Waals surface area contributed by atoms with Gasteiger partial charge in [0, 0.05) is 18.6 Å². The number of piperidine rings is 1. The van der Waals surface area contributed by atoms with Crippen LogP contribution in [0.25, 0.3) is 0 Å². The van der Waals surface area contributed by atoms with Crippen LogP contribution in [0.5, 0.6) is 0 Å². The van der Waals surface area contributed by atoms with Gasteiger partial charge in [0.25, 0.3) is 0 Å². The summed E-state index contributed by atoms with van der Waals surface area (Å²) in [6.45, 7) is 4.95. The fraction of sp³-hybridized carbons (Fsp3) is 1.00. The Labute approximate surface area is 75.5 Å². The minimum Gasteiger partial charge on any atom is -0.305 e.